The van der Waals surface area contributed by atoms with Crippen molar-refractivity contribution >= 4 is 55.8 Å². The van der Waals surface area contributed by atoms with Crippen LogP contribution in [0, 0.1) is 0 Å². The first kappa shape index (κ1) is 17.8. The number of aromatic amines is 1. The third kappa shape index (κ3) is 2.78. The van der Waals surface area contributed by atoms with E-state index in [-0.39, 0.29) is 22.6 Å². The third-order valence-electron chi connectivity index (χ3n) is 3.84. The summed E-state index contributed by atoms with van der Waals surface area (Å²) in [5.41, 5.74) is 0.105. The summed E-state index contributed by atoms with van der Waals surface area (Å²) in [7, 11) is 0. The molecule has 0 aliphatic rings. The van der Waals surface area contributed by atoms with Crippen molar-refractivity contribution in [1.82, 2.24) is 4.98 Å². The Balaban J connectivity index is 2.50. The number of hydrogen-bond donors (Lipinski definition) is 1. The second kappa shape index (κ2) is 6.72. The topological polar surface area (TPSA) is 96.5 Å². The van der Waals surface area contributed by atoms with Gasteiger partial charge in [-0.25, -0.2) is 9.69 Å². The number of carbonyl (C=O) groups excluding carboxylic acids is 3. The molecule has 0 spiro atoms. The zero-order valence-corrected chi connectivity index (χ0v) is 15.2. The van der Waals surface area contributed by atoms with Gasteiger partial charge in [-0.05, 0) is 13.0 Å². The maximum atomic E-state index is 12.7. The molecule has 8 heteroatoms. The molecule has 1 aromatic carbocycles. The quantitative estimate of drug-likeness (QED) is 0.713. The van der Waals surface area contributed by atoms with Gasteiger partial charge >= 0.3 is 5.97 Å². The van der Waals surface area contributed by atoms with Crippen molar-refractivity contribution in [1.29, 1.82) is 0 Å². The van der Waals surface area contributed by atoms with Gasteiger partial charge in [-0.1, -0.05) is 18.2 Å². The summed E-state index contributed by atoms with van der Waals surface area (Å²) >= 11 is 1.04. The van der Waals surface area contributed by atoms with Crippen molar-refractivity contribution in [3.05, 3.63) is 39.5 Å². The number of nitrogens with zero attached hydrogens (tertiary/aromatic N) is 1. The van der Waals surface area contributed by atoms with Gasteiger partial charge in [-0.15, -0.1) is 11.3 Å². The number of para-hydroxylation sites is 1. The van der Waals surface area contributed by atoms with Crippen LogP contribution >= 0.6 is 11.3 Å². The number of ether oxygens (including phenoxy) is 1. The molecule has 0 radical (unpaired) electrons. The fraction of sp³-hybridized carbons (Fsp3) is 0.222. The van der Waals surface area contributed by atoms with E-state index in [0.717, 1.165) is 21.6 Å². The summed E-state index contributed by atoms with van der Waals surface area (Å²) in [5.74, 6) is -1.86. The van der Waals surface area contributed by atoms with Crippen LogP contribution in [0.15, 0.2) is 29.1 Å². The van der Waals surface area contributed by atoms with E-state index in [1.807, 2.05) is 0 Å². The minimum atomic E-state index is -0.681. The smallest absolute Gasteiger partial charge is 0.350 e. The van der Waals surface area contributed by atoms with E-state index in [1.54, 1.807) is 31.2 Å². The number of anilines is 1. The van der Waals surface area contributed by atoms with E-state index < -0.39 is 23.3 Å². The van der Waals surface area contributed by atoms with Gasteiger partial charge < -0.3 is 9.72 Å². The van der Waals surface area contributed by atoms with Gasteiger partial charge in [0.1, 0.15) is 4.88 Å². The molecule has 0 aliphatic carbocycles. The van der Waals surface area contributed by atoms with Crippen molar-refractivity contribution < 1.29 is 19.1 Å². The van der Waals surface area contributed by atoms with E-state index in [2.05, 4.69) is 4.98 Å². The van der Waals surface area contributed by atoms with Gasteiger partial charge in [0, 0.05) is 24.8 Å². The Bertz CT molecular complexity index is 1100. The van der Waals surface area contributed by atoms with Gasteiger partial charge in [0.25, 0.3) is 5.56 Å². The Kier molecular flexibility index (Phi) is 4.60. The van der Waals surface area contributed by atoms with Crippen LogP contribution in [0.4, 0.5) is 5.69 Å². The maximum Gasteiger partial charge on any atom is 0.350 e. The van der Waals surface area contributed by atoms with E-state index in [0.29, 0.717) is 10.2 Å². The van der Waals surface area contributed by atoms with Crippen LogP contribution in [0.25, 0.3) is 21.0 Å². The van der Waals surface area contributed by atoms with Crippen LogP contribution in [0.2, 0.25) is 0 Å². The lowest BCUT2D eigenvalue weighted by atomic mass is 10.1. The Hall–Kier alpha value is -3.00. The summed E-state index contributed by atoms with van der Waals surface area (Å²) in [4.78, 5) is 53.0. The van der Waals surface area contributed by atoms with Crippen molar-refractivity contribution in [2.24, 2.45) is 0 Å². The zero-order chi connectivity index (χ0) is 19.0. The molecule has 7 nitrogen and oxygen atoms in total. The monoisotopic (exact) mass is 372 g/mol. The second-order valence-electron chi connectivity index (χ2n) is 5.58. The highest BCUT2D eigenvalue weighted by molar-refractivity contribution is 7.22. The lowest BCUT2D eigenvalue weighted by molar-refractivity contribution is -0.124. The number of amides is 2. The maximum absolute atomic E-state index is 12.7. The zero-order valence-electron chi connectivity index (χ0n) is 14.4. The van der Waals surface area contributed by atoms with Crippen LogP contribution < -0.4 is 10.5 Å². The molecular weight excluding hydrogens is 356 g/mol. The number of aromatic nitrogens is 1. The number of hydrogen-bond acceptors (Lipinski definition) is 6. The number of imide groups is 1. The number of benzene rings is 1. The molecular formula is C18H16N2O5S. The Labute approximate surface area is 152 Å². The fourth-order valence-electron chi connectivity index (χ4n) is 2.88. The summed E-state index contributed by atoms with van der Waals surface area (Å²) < 4.78 is 5.59. The first-order chi connectivity index (χ1) is 12.4. The average molecular weight is 372 g/mol. The predicted molar refractivity (Wildman–Crippen MR) is 99.7 cm³/mol. The first-order valence-corrected chi connectivity index (χ1v) is 8.74. The molecule has 0 unspecified atom stereocenters. The van der Waals surface area contributed by atoms with Crippen LogP contribution in [0.3, 0.4) is 0 Å². The number of pyridine rings is 1. The van der Waals surface area contributed by atoms with Crippen molar-refractivity contribution in [3.63, 3.8) is 0 Å². The molecule has 2 aromatic heterocycles. The van der Waals surface area contributed by atoms with Gasteiger partial charge in [-0.3, -0.25) is 14.4 Å². The second-order valence-corrected chi connectivity index (χ2v) is 6.60. The molecule has 2 heterocycles. The first-order valence-electron chi connectivity index (χ1n) is 7.92. The van der Waals surface area contributed by atoms with E-state index in [1.165, 1.54) is 13.8 Å². The molecule has 134 valence electrons. The normalized spacial score (nSPS) is 10.9. The highest BCUT2D eigenvalue weighted by atomic mass is 32.1. The molecule has 0 aliphatic heterocycles. The van der Waals surface area contributed by atoms with Gasteiger partial charge in [0.2, 0.25) is 11.8 Å². The minimum absolute atomic E-state index is 0.0181. The summed E-state index contributed by atoms with van der Waals surface area (Å²) in [5, 5.41) is 0.845. The fourth-order valence-corrected chi connectivity index (χ4v) is 4.10. The molecule has 3 aromatic rings. The standard InChI is InChI=1S/C18H16N2O5S/c1-4-25-18(24)16-14(20(9(2)21)10(3)22)13-15(26-16)11-7-5-6-8-12(11)19-17(13)23/h5-8H,4H2,1-3H3,(H,19,23). The number of thiophene rings is 1. The third-order valence-corrected chi connectivity index (χ3v) is 5.04. The van der Waals surface area contributed by atoms with E-state index in [4.69, 9.17) is 4.74 Å². The van der Waals surface area contributed by atoms with Crippen molar-refractivity contribution in [2.45, 2.75) is 20.8 Å². The molecule has 2 amide bonds. The molecule has 0 bridgehead atoms. The lowest BCUT2D eigenvalue weighted by Gasteiger charge is -2.17. The van der Waals surface area contributed by atoms with Crippen LogP contribution in [-0.2, 0) is 14.3 Å². The van der Waals surface area contributed by atoms with Crippen molar-refractivity contribution in [3.8, 4) is 0 Å². The van der Waals surface area contributed by atoms with Gasteiger partial charge in [-0.2, -0.15) is 0 Å². The molecule has 1 N–H and O–H groups in total. The Morgan fingerprint density at radius 2 is 1.81 bits per heavy atom. The highest BCUT2D eigenvalue weighted by Crippen LogP contribution is 2.40. The molecule has 26 heavy (non-hydrogen) atoms. The molecule has 0 saturated carbocycles. The molecule has 0 saturated heterocycles. The number of esters is 1. The van der Waals surface area contributed by atoms with Gasteiger partial charge in [0.05, 0.1) is 22.4 Å². The molecule has 0 atom stereocenters. The number of carbonyl (C=O) groups is 3. The van der Waals surface area contributed by atoms with Gasteiger partial charge in [0.15, 0.2) is 0 Å². The van der Waals surface area contributed by atoms with Crippen molar-refractivity contribution in [2.75, 3.05) is 11.5 Å². The molecule has 3 rings (SSSR count). The predicted octanol–water partition coefficient (Wildman–Crippen LogP) is 2.82. The van der Waals surface area contributed by atoms with Crippen LogP contribution in [0.5, 0.6) is 0 Å². The molecule has 0 fully saturated rings. The summed E-state index contributed by atoms with van der Waals surface area (Å²) in [6.07, 6.45) is 0. The SMILES string of the molecule is CCOC(=O)c1sc2c(c1N(C(C)=O)C(C)=O)c(=O)[nH]c1ccccc12. The summed E-state index contributed by atoms with van der Waals surface area (Å²) in [6, 6.07) is 7.13. The van der Waals surface area contributed by atoms with E-state index in [9.17, 15) is 19.2 Å². The van der Waals surface area contributed by atoms with Crippen LogP contribution in [0.1, 0.15) is 30.4 Å². The number of nitrogens with one attached hydrogen (secondary N) is 1. The van der Waals surface area contributed by atoms with E-state index >= 15 is 0 Å². The number of fused-ring (bicyclic) bond motifs is 3. The largest absolute Gasteiger partial charge is 0.462 e. The number of rotatable bonds is 3. The lowest BCUT2D eigenvalue weighted by Crippen LogP contribution is -2.34. The van der Waals surface area contributed by atoms with Crippen LogP contribution in [-0.4, -0.2) is 29.4 Å². The average Bonchev–Trinajstić information content (AvgIpc) is 2.96. The number of H-pyrrole nitrogens is 1. The minimum Gasteiger partial charge on any atom is -0.462 e. The highest BCUT2D eigenvalue weighted by Gasteiger charge is 2.31. The Morgan fingerprint density at radius 3 is 2.42 bits per heavy atom. The Morgan fingerprint density at radius 1 is 1.15 bits per heavy atom. The summed E-state index contributed by atoms with van der Waals surface area (Å²) in [6.45, 7) is 4.19.